The molecule has 0 aliphatic carbocycles. The fourth-order valence-electron chi connectivity index (χ4n) is 4.51. The first-order chi connectivity index (χ1) is 20.7. The third-order valence-electron chi connectivity index (χ3n) is 6.66. The van der Waals surface area contributed by atoms with E-state index < -0.39 is 35.7 Å². The smallest absolute Gasteiger partial charge is 0.407 e. The standard InChI is InChI=1S/C29H28F2N8O3S/c1-16(35-27(40)17(2)36-29(41)42-3)20-8-7-19(30)14-22(20)21-6-4-5-18-13-24(43-26(18)21)25-23(31)15-33-28(37-25)32-9-11-39-12-10-34-38-39/h4-8,10,12-17H,9,11H2,1-3H3,(H,35,40)(H,36,41)(H,32,33,37)/t16-,17-/m1/s1. The molecule has 0 spiro atoms. The van der Waals surface area contributed by atoms with Crippen molar-refractivity contribution in [3.63, 3.8) is 0 Å². The molecule has 0 aliphatic heterocycles. The lowest BCUT2D eigenvalue weighted by molar-refractivity contribution is -0.123. The lowest BCUT2D eigenvalue weighted by Gasteiger charge is -2.21. The number of amides is 2. The van der Waals surface area contributed by atoms with Gasteiger partial charge in [0.15, 0.2) is 5.82 Å². The number of thiophene rings is 1. The molecule has 0 bridgehead atoms. The van der Waals surface area contributed by atoms with Crippen LogP contribution in [0.3, 0.4) is 0 Å². The van der Waals surface area contributed by atoms with Crippen LogP contribution in [0.1, 0.15) is 25.5 Å². The number of rotatable bonds is 10. The summed E-state index contributed by atoms with van der Waals surface area (Å²) in [5, 5.41) is 16.9. The van der Waals surface area contributed by atoms with Crippen LogP contribution >= 0.6 is 11.3 Å². The molecule has 3 aromatic heterocycles. The Hall–Kier alpha value is -4.98. The number of anilines is 1. The summed E-state index contributed by atoms with van der Waals surface area (Å²) in [7, 11) is 1.21. The molecule has 5 rings (SSSR count). The number of carbonyl (C=O) groups is 2. The number of hydrogen-bond acceptors (Lipinski definition) is 9. The Morgan fingerprint density at radius 3 is 2.70 bits per heavy atom. The van der Waals surface area contributed by atoms with E-state index in [2.05, 4.69) is 41.0 Å². The minimum Gasteiger partial charge on any atom is -0.453 e. The van der Waals surface area contributed by atoms with Gasteiger partial charge >= 0.3 is 6.09 Å². The van der Waals surface area contributed by atoms with Crippen molar-refractivity contribution in [2.75, 3.05) is 19.0 Å². The lowest BCUT2D eigenvalue weighted by Crippen LogP contribution is -2.45. The van der Waals surface area contributed by atoms with Gasteiger partial charge in [-0.3, -0.25) is 9.48 Å². The number of nitrogens with zero attached hydrogens (tertiary/aromatic N) is 5. The topological polar surface area (TPSA) is 136 Å². The molecule has 2 aromatic carbocycles. The summed E-state index contributed by atoms with van der Waals surface area (Å²) in [5.41, 5.74) is 2.08. The van der Waals surface area contributed by atoms with Crippen molar-refractivity contribution in [1.29, 1.82) is 0 Å². The highest BCUT2D eigenvalue weighted by molar-refractivity contribution is 7.22. The Morgan fingerprint density at radius 2 is 1.93 bits per heavy atom. The summed E-state index contributed by atoms with van der Waals surface area (Å²) in [4.78, 5) is 33.3. The highest BCUT2D eigenvalue weighted by Gasteiger charge is 2.22. The number of halogens is 2. The van der Waals surface area contributed by atoms with Crippen LogP contribution in [-0.2, 0) is 16.1 Å². The fraction of sp³-hybridized carbons (Fsp3) is 0.241. The van der Waals surface area contributed by atoms with Gasteiger partial charge in [-0.2, -0.15) is 0 Å². The monoisotopic (exact) mass is 606 g/mol. The predicted octanol–water partition coefficient (Wildman–Crippen LogP) is 4.93. The average Bonchev–Trinajstić information content (AvgIpc) is 3.68. The molecule has 0 saturated carbocycles. The van der Waals surface area contributed by atoms with Gasteiger partial charge in [0, 0.05) is 17.4 Å². The first kappa shape index (κ1) is 29.5. The first-order valence-electron chi connectivity index (χ1n) is 13.3. The minimum absolute atomic E-state index is 0.137. The molecule has 3 heterocycles. The quantitative estimate of drug-likeness (QED) is 0.204. The van der Waals surface area contributed by atoms with E-state index in [1.807, 2.05) is 24.3 Å². The van der Waals surface area contributed by atoms with Crippen LogP contribution in [0.2, 0.25) is 0 Å². The third kappa shape index (κ3) is 6.75. The second-order valence-electron chi connectivity index (χ2n) is 9.64. The van der Waals surface area contributed by atoms with E-state index >= 15 is 0 Å². The van der Waals surface area contributed by atoms with Crippen molar-refractivity contribution < 1.29 is 23.1 Å². The number of hydrogen-bond donors (Lipinski definition) is 3. The van der Waals surface area contributed by atoms with Crippen LogP contribution in [0.5, 0.6) is 0 Å². The zero-order chi connectivity index (χ0) is 30.5. The normalized spacial score (nSPS) is 12.5. The SMILES string of the molecule is COC(=O)N[C@H](C)C(=O)N[C@H](C)c1ccc(F)cc1-c1cccc2cc(-c3nc(NCCn4ccnn4)ncc3F)sc12. The summed E-state index contributed by atoms with van der Waals surface area (Å²) >= 11 is 1.32. The number of benzene rings is 2. The van der Waals surface area contributed by atoms with Gasteiger partial charge in [-0.15, -0.1) is 16.4 Å². The third-order valence-corrected chi connectivity index (χ3v) is 7.85. The van der Waals surface area contributed by atoms with Crippen molar-refractivity contribution in [1.82, 2.24) is 35.6 Å². The second kappa shape index (κ2) is 12.9. The predicted molar refractivity (Wildman–Crippen MR) is 158 cm³/mol. The molecule has 2 amide bonds. The van der Waals surface area contributed by atoms with E-state index in [0.29, 0.717) is 34.7 Å². The van der Waals surface area contributed by atoms with E-state index in [9.17, 15) is 18.4 Å². The molecule has 0 fully saturated rings. The van der Waals surface area contributed by atoms with E-state index in [4.69, 9.17) is 0 Å². The molecule has 3 N–H and O–H groups in total. The van der Waals surface area contributed by atoms with Gasteiger partial charge in [-0.1, -0.05) is 29.5 Å². The van der Waals surface area contributed by atoms with E-state index in [0.717, 1.165) is 16.3 Å². The number of alkyl carbamates (subject to hydrolysis) is 1. The van der Waals surface area contributed by atoms with Crippen LogP contribution in [-0.4, -0.2) is 56.7 Å². The van der Waals surface area contributed by atoms with Crippen LogP contribution in [0.25, 0.3) is 31.8 Å². The molecule has 0 unspecified atom stereocenters. The van der Waals surface area contributed by atoms with Gasteiger partial charge in [-0.05, 0) is 54.1 Å². The van der Waals surface area contributed by atoms with Crippen LogP contribution in [0.4, 0.5) is 19.5 Å². The summed E-state index contributed by atoms with van der Waals surface area (Å²) in [6, 6.07) is 10.4. The van der Waals surface area contributed by atoms with Gasteiger partial charge < -0.3 is 20.7 Å². The first-order valence-corrected chi connectivity index (χ1v) is 14.1. The number of nitrogens with one attached hydrogen (secondary N) is 3. The number of fused-ring (bicyclic) bond motifs is 1. The molecule has 222 valence electrons. The van der Waals surface area contributed by atoms with Crippen molar-refractivity contribution in [3.05, 3.63) is 78.3 Å². The maximum Gasteiger partial charge on any atom is 0.407 e. The van der Waals surface area contributed by atoms with Gasteiger partial charge in [0.1, 0.15) is 17.6 Å². The lowest BCUT2D eigenvalue weighted by atomic mass is 9.94. The number of methoxy groups -OCH3 is 1. The molecule has 43 heavy (non-hydrogen) atoms. The molecule has 0 saturated heterocycles. The fourth-order valence-corrected chi connectivity index (χ4v) is 5.69. The molecule has 14 heteroatoms. The Labute approximate surface area is 249 Å². The number of ether oxygens (including phenoxy) is 1. The average molecular weight is 607 g/mol. The van der Waals surface area contributed by atoms with Crippen LogP contribution in [0, 0.1) is 11.6 Å². The Bertz CT molecular complexity index is 1760. The molecule has 2 atom stereocenters. The molecule has 0 radical (unpaired) electrons. The Morgan fingerprint density at radius 1 is 1.09 bits per heavy atom. The van der Waals surface area contributed by atoms with Gasteiger partial charge in [0.05, 0.1) is 37.0 Å². The molecule has 11 nitrogen and oxygen atoms in total. The Kier molecular flexibility index (Phi) is 8.85. The zero-order valence-electron chi connectivity index (χ0n) is 23.5. The van der Waals surface area contributed by atoms with E-state index in [1.165, 1.54) is 37.5 Å². The number of aromatic nitrogens is 5. The van der Waals surface area contributed by atoms with Crippen molar-refractivity contribution in [2.24, 2.45) is 0 Å². The molecular weight excluding hydrogens is 578 g/mol. The van der Waals surface area contributed by atoms with E-state index in [-0.39, 0.29) is 11.6 Å². The van der Waals surface area contributed by atoms with Crippen molar-refractivity contribution >= 4 is 39.4 Å². The summed E-state index contributed by atoms with van der Waals surface area (Å²) in [6.45, 7) is 4.28. The highest BCUT2D eigenvalue weighted by Crippen LogP contribution is 2.41. The Balaban J connectivity index is 1.44. The molecule has 0 aliphatic rings. The summed E-state index contributed by atoms with van der Waals surface area (Å²) in [6.07, 6.45) is 3.70. The largest absolute Gasteiger partial charge is 0.453 e. The van der Waals surface area contributed by atoms with Gasteiger partial charge in [0.25, 0.3) is 0 Å². The maximum atomic E-state index is 15.0. The molecular formula is C29H28F2N8O3S. The van der Waals surface area contributed by atoms with Crippen molar-refractivity contribution in [2.45, 2.75) is 32.5 Å². The molecule has 5 aromatic rings. The van der Waals surface area contributed by atoms with Crippen LogP contribution in [0.15, 0.2) is 61.1 Å². The maximum absolute atomic E-state index is 15.0. The van der Waals surface area contributed by atoms with E-state index in [1.54, 1.807) is 30.1 Å². The van der Waals surface area contributed by atoms with Crippen LogP contribution < -0.4 is 16.0 Å². The second-order valence-corrected chi connectivity index (χ2v) is 10.7. The van der Waals surface area contributed by atoms with Gasteiger partial charge in [0.2, 0.25) is 11.9 Å². The number of carbonyl (C=O) groups excluding carboxylic acids is 2. The van der Waals surface area contributed by atoms with Crippen molar-refractivity contribution in [3.8, 4) is 21.7 Å². The highest BCUT2D eigenvalue weighted by atomic mass is 32.1. The minimum atomic E-state index is -0.855. The summed E-state index contributed by atoms with van der Waals surface area (Å²) in [5.74, 6) is -1.19. The summed E-state index contributed by atoms with van der Waals surface area (Å²) < 4.78 is 36.6. The zero-order valence-corrected chi connectivity index (χ0v) is 24.3. The van der Waals surface area contributed by atoms with Gasteiger partial charge in [-0.25, -0.2) is 23.5 Å².